The Labute approximate surface area is 125 Å². The number of nitrogen functional groups attached to an aromatic ring is 1. The van der Waals surface area contributed by atoms with Crippen LogP contribution in [0.1, 0.15) is 24.0 Å². The summed E-state index contributed by atoms with van der Waals surface area (Å²) in [5.74, 6) is -0.355. The summed E-state index contributed by atoms with van der Waals surface area (Å²) in [4.78, 5) is 11.1. The van der Waals surface area contributed by atoms with Crippen molar-refractivity contribution in [3.05, 3.63) is 23.3 Å². The third-order valence-corrected chi connectivity index (χ3v) is 5.31. The van der Waals surface area contributed by atoms with E-state index in [9.17, 15) is 13.2 Å². The van der Waals surface area contributed by atoms with Crippen molar-refractivity contribution in [2.75, 3.05) is 26.4 Å². The molecule has 0 aliphatic carbocycles. The lowest BCUT2D eigenvalue weighted by Gasteiger charge is -2.19. The van der Waals surface area contributed by atoms with E-state index < -0.39 is 10.0 Å². The van der Waals surface area contributed by atoms with Crippen molar-refractivity contribution in [1.29, 1.82) is 0 Å². The Morgan fingerprint density at radius 2 is 1.86 bits per heavy atom. The molecule has 0 spiro atoms. The molecule has 2 N–H and O–H groups in total. The van der Waals surface area contributed by atoms with Crippen molar-refractivity contribution < 1.29 is 17.9 Å². The van der Waals surface area contributed by atoms with Crippen molar-refractivity contribution >= 4 is 21.7 Å². The van der Waals surface area contributed by atoms with Gasteiger partial charge in [-0.2, -0.15) is 0 Å². The lowest BCUT2D eigenvalue weighted by atomic mass is 10.1. The van der Waals surface area contributed by atoms with E-state index in [0.717, 1.165) is 11.1 Å². The summed E-state index contributed by atoms with van der Waals surface area (Å²) >= 11 is 0. The molecule has 6 nitrogen and oxygen atoms in total. The van der Waals surface area contributed by atoms with Crippen LogP contribution in [0.15, 0.2) is 17.0 Å². The molecule has 0 radical (unpaired) electrons. The number of carbonyl (C=O) groups is 1. The van der Waals surface area contributed by atoms with Crippen LogP contribution in [0.4, 0.5) is 5.69 Å². The molecule has 0 heterocycles. The summed E-state index contributed by atoms with van der Waals surface area (Å²) in [7, 11) is -0.880. The van der Waals surface area contributed by atoms with Crippen LogP contribution in [-0.4, -0.2) is 39.4 Å². The highest BCUT2D eigenvalue weighted by molar-refractivity contribution is 7.89. The molecule has 0 unspecified atom stereocenters. The van der Waals surface area contributed by atoms with Gasteiger partial charge in [-0.05, 0) is 43.5 Å². The normalized spacial score (nSPS) is 11.7. The molecule has 0 fully saturated rings. The molecule has 0 aromatic heterocycles. The highest BCUT2D eigenvalue weighted by Gasteiger charge is 2.23. The van der Waals surface area contributed by atoms with E-state index in [2.05, 4.69) is 4.74 Å². The number of hydrogen-bond acceptors (Lipinski definition) is 5. The fourth-order valence-electron chi connectivity index (χ4n) is 1.87. The number of rotatable bonds is 6. The number of ether oxygens (including phenoxy) is 1. The monoisotopic (exact) mass is 314 g/mol. The van der Waals surface area contributed by atoms with E-state index >= 15 is 0 Å². The van der Waals surface area contributed by atoms with E-state index in [1.54, 1.807) is 12.1 Å². The highest BCUT2D eigenvalue weighted by atomic mass is 32.2. The number of esters is 1. The van der Waals surface area contributed by atoms with Crippen LogP contribution in [0.3, 0.4) is 0 Å². The summed E-state index contributed by atoms with van der Waals surface area (Å²) in [6.07, 6.45) is 0.575. The Morgan fingerprint density at radius 3 is 2.43 bits per heavy atom. The molecule has 21 heavy (non-hydrogen) atoms. The molecular weight excluding hydrogens is 292 g/mol. The van der Waals surface area contributed by atoms with Gasteiger partial charge in [-0.25, -0.2) is 12.7 Å². The third-order valence-electron chi connectivity index (χ3n) is 3.40. The molecule has 1 rings (SSSR count). The number of sulfonamides is 1. The molecule has 0 bridgehead atoms. The Balaban J connectivity index is 2.90. The maximum atomic E-state index is 12.5. The van der Waals surface area contributed by atoms with E-state index in [1.807, 2.05) is 13.8 Å². The summed E-state index contributed by atoms with van der Waals surface area (Å²) in [5.41, 5.74) is 7.88. The van der Waals surface area contributed by atoms with Gasteiger partial charge < -0.3 is 10.5 Å². The molecule has 118 valence electrons. The second kappa shape index (κ2) is 6.91. The maximum absolute atomic E-state index is 12.5. The second-order valence-electron chi connectivity index (χ2n) is 4.98. The van der Waals surface area contributed by atoms with Gasteiger partial charge in [0.25, 0.3) is 0 Å². The van der Waals surface area contributed by atoms with Gasteiger partial charge in [0.2, 0.25) is 10.0 Å². The molecular formula is C14H22N2O4S. The first-order chi connectivity index (χ1) is 9.70. The number of nitrogens with zero attached hydrogens (tertiary/aromatic N) is 1. The van der Waals surface area contributed by atoms with Crippen LogP contribution in [0.2, 0.25) is 0 Å². The zero-order valence-electron chi connectivity index (χ0n) is 12.8. The first-order valence-electron chi connectivity index (χ1n) is 6.60. The van der Waals surface area contributed by atoms with Gasteiger partial charge in [-0.1, -0.05) is 0 Å². The smallest absolute Gasteiger partial charge is 0.305 e. The Morgan fingerprint density at radius 1 is 1.29 bits per heavy atom. The quantitative estimate of drug-likeness (QED) is 0.634. The molecule has 0 aliphatic rings. The van der Waals surface area contributed by atoms with Gasteiger partial charge >= 0.3 is 5.97 Å². The lowest BCUT2D eigenvalue weighted by molar-refractivity contribution is -0.140. The molecule has 1 aromatic carbocycles. The van der Waals surface area contributed by atoms with E-state index in [4.69, 9.17) is 5.73 Å². The topological polar surface area (TPSA) is 89.7 Å². The van der Waals surface area contributed by atoms with E-state index in [-0.39, 0.29) is 29.5 Å². The number of anilines is 1. The highest BCUT2D eigenvalue weighted by Crippen LogP contribution is 2.25. The molecule has 0 amide bonds. The van der Waals surface area contributed by atoms with Gasteiger partial charge in [-0.3, -0.25) is 4.79 Å². The summed E-state index contributed by atoms with van der Waals surface area (Å²) in [6, 6.07) is 3.24. The largest absolute Gasteiger partial charge is 0.469 e. The minimum Gasteiger partial charge on any atom is -0.469 e. The SMILES string of the molecule is COC(=O)CCCN(C)S(=O)(=O)c1cc(C)c(C)cc1N. The van der Waals surface area contributed by atoms with Gasteiger partial charge in [0.1, 0.15) is 4.90 Å². The molecule has 0 saturated heterocycles. The van der Waals surface area contributed by atoms with Crippen molar-refractivity contribution in [3.63, 3.8) is 0 Å². The maximum Gasteiger partial charge on any atom is 0.305 e. The fraction of sp³-hybridized carbons (Fsp3) is 0.500. The zero-order valence-corrected chi connectivity index (χ0v) is 13.7. The molecule has 0 atom stereocenters. The van der Waals surface area contributed by atoms with Crippen LogP contribution >= 0.6 is 0 Å². The number of aryl methyl sites for hydroxylation is 2. The standard InChI is InChI=1S/C14H22N2O4S/c1-10-8-12(15)13(9-11(10)2)21(18,19)16(3)7-5-6-14(17)20-4/h8-9H,5-7,15H2,1-4H3. The van der Waals surface area contributed by atoms with Crippen LogP contribution in [-0.2, 0) is 19.6 Å². The Kier molecular flexibility index (Phi) is 5.74. The molecule has 1 aromatic rings. The molecule has 0 aliphatic heterocycles. The second-order valence-corrected chi connectivity index (χ2v) is 6.99. The van der Waals surface area contributed by atoms with Crippen LogP contribution in [0.5, 0.6) is 0 Å². The predicted molar refractivity (Wildman–Crippen MR) is 81.4 cm³/mol. The summed E-state index contributed by atoms with van der Waals surface area (Å²) in [5, 5.41) is 0. The molecule has 0 saturated carbocycles. The number of hydrogen-bond donors (Lipinski definition) is 1. The average Bonchev–Trinajstić information content (AvgIpc) is 2.42. The van der Waals surface area contributed by atoms with Gasteiger partial charge in [-0.15, -0.1) is 0 Å². The number of carbonyl (C=O) groups excluding carboxylic acids is 1. The minimum absolute atomic E-state index is 0.103. The van der Waals surface area contributed by atoms with Gasteiger partial charge in [0, 0.05) is 20.0 Å². The van der Waals surface area contributed by atoms with Gasteiger partial charge in [0.05, 0.1) is 12.8 Å². The van der Waals surface area contributed by atoms with Crippen molar-refractivity contribution in [2.45, 2.75) is 31.6 Å². The fourth-order valence-corrected chi connectivity index (χ4v) is 3.26. The van der Waals surface area contributed by atoms with Crippen molar-refractivity contribution in [3.8, 4) is 0 Å². The molecule has 7 heteroatoms. The van der Waals surface area contributed by atoms with Crippen LogP contribution in [0.25, 0.3) is 0 Å². The summed E-state index contributed by atoms with van der Waals surface area (Å²) in [6.45, 7) is 3.94. The minimum atomic E-state index is -3.66. The number of methoxy groups -OCH3 is 1. The van der Waals surface area contributed by atoms with Gasteiger partial charge in [0.15, 0.2) is 0 Å². The first-order valence-corrected chi connectivity index (χ1v) is 8.04. The van der Waals surface area contributed by atoms with Crippen molar-refractivity contribution in [1.82, 2.24) is 4.31 Å². The third kappa shape index (κ3) is 4.18. The number of benzene rings is 1. The Bertz CT molecular complexity index is 626. The number of nitrogens with two attached hydrogens (primary N) is 1. The lowest BCUT2D eigenvalue weighted by Crippen LogP contribution is -2.29. The van der Waals surface area contributed by atoms with Crippen LogP contribution < -0.4 is 5.73 Å². The van der Waals surface area contributed by atoms with Crippen LogP contribution in [0, 0.1) is 13.8 Å². The average molecular weight is 314 g/mol. The van der Waals surface area contributed by atoms with Crippen molar-refractivity contribution in [2.24, 2.45) is 0 Å². The zero-order chi connectivity index (χ0) is 16.2. The summed E-state index contributed by atoms with van der Waals surface area (Å²) < 4.78 is 30.7. The van der Waals surface area contributed by atoms with E-state index in [0.29, 0.717) is 6.42 Å². The predicted octanol–water partition coefficient (Wildman–Crippen LogP) is 1.46. The van der Waals surface area contributed by atoms with E-state index in [1.165, 1.54) is 18.5 Å². The first kappa shape index (κ1) is 17.5. The Hall–Kier alpha value is -1.60.